The Morgan fingerprint density at radius 3 is 2.33 bits per heavy atom. The van der Waals surface area contributed by atoms with Crippen molar-refractivity contribution >= 4 is 11.6 Å². The third-order valence-corrected chi connectivity index (χ3v) is 2.36. The Hall–Kier alpha value is 0.0500. The molecule has 1 aliphatic rings. The number of aliphatic hydroxyl groups excluding tert-OH is 4. The normalized spacial score (nSPS) is 41.8. The molecule has 90 valence electrons. The maximum absolute atomic E-state index is 9.46. The molecule has 0 aromatic carbocycles. The maximum atomic E-state index is 9.46. The van der Waals surface area contributed by atoms with Gasteiger partial charge < -0.3 is 29.9 Å². The first-order valence-corrected chi connectivity index (χ1v) is 5.13. The van der Waals surface area contributed by atoms with Gasteiger partial charge in [-0.3, -0.25) is 0 Å². The summed E-state index contributed by atoms with van der Waals surface area (Å²) in [5.74, 6) is 0.217. The average molecular weight is 243 g/mol. The topological polar surface area (TPSA) is 99.4 Å². The number of aliphatic hydroxyl groups is 4. The number of rotatable bonds is 4. The fraction of sp³-hybridized carbons (Fsp3) is 1.00. The zero-order valence-corrected chi connectivity index (χ0v) is 8.75. The van der Waals surface area contributed by atoms with E-state index in [1.54, 1.807) is 0 Å². The maximum Gasteiger partial charge on any atom is 0.186 e. The lowest BCUT2D eigenvalue weighted by Gasteiger charge is -2.39. The predicted octanol–water partition coefficient (Wildman–Crippen LogP) is -1.96. The van der Waals surface area contributed by atoms with Gasteiger partial charge in [0.2, 0.25) is 0 Å². The van der Waals surface area contributed by atoms with Crippen LogP contribution in [0.25, 0.3) is 0 Å². The van der Waals surface area contributed by atoms with Gasteiger partial charge in [0.25, 0.3) is 0 Å². The quantitative estimate of drug-likeness (QED) is 0.428. The summed E-state index contributed by atoms with van der Waals surface area (Å²) < 4.78 is 10.1. The summed E-state index contributed by atoms with van der Waals surface area (Å²) in [4.78, 5) is 0. The Morgan fingerprint density at radius 1 is 1.13 bits per heavy atom. The molecule has 7 heteroatoms. The van der Waals surface area contributed by atoms with Gasteiger partial charge in [-0.15, -0.1) is 11.6 Å². The molecule has 0 saturated carbocycles. The van der Waals surface area contributed by atoms with Crippen molar-refractivity contribution in [3.05, 3.63) is 0 Å². The number of halogens is 1. The molecule has 1 saturated heterocycles. The second-order valence-corrected chi connectivity index (χ2v) is 3.64. The van der Waals surface area contributed by atoms with E-state index in [0.29, 0.717) is 0 Å². The van der Waals surface area contributed by atoms with Crippen LogP contribution >= 0.6 is 11.6 Å². The van der Waals surface area contributed by atoms with Crippen molar-refractivity contribution in [1.29, 1.82) is 0 Å². The highest BCUT2D eigenvalue weighted by molar-refractivity contribution is 6.17. The molecule has 0 amide bonds. The molecule has 0 aromatic rings. The molecule has 5 unspecified atom stereocenters. The van der Waals surface area contributed by atoms with Crippen LogP contribution in [0.2, 0.25) is 0 Å². The number of alkyl halides is 1. The Bertz CT molecular complexity index is 190. The van der Waals surface area contributed by atoms with Crippen LogP contribution in [0.3, 0.4) is 0 Å². The van der Waals surface area contributed by atoms with Crippen LogP contribution in [0.4, 0.5) is 0 Å². The number of hydrogen-bond donors (Lipinski definition) is 4. The Kier molecular flexibility index (Phi) is 5.20. The standard InChI is InChI=1S/C8H15ClO6/c9-1-2-14-8-7(13)6(12)5(11)4(3-10)15-8/h4-8,10-13H,1-3H2. The van der Waals surface area contributed by atoms with Gasteiger partial charge in [-0.1, -0.05) is 0 Å². The summed E-state index contributed by atoms with van der Waals surface area (Å²) in [5.41, 5.74) is 0. The number of hydrogen-bond acceptors (Lipinski definition) is 6. The van der Waals surface area contributed by atoms with Gasteiger partial charge >= 0.3 is 0 Å². The summed E-state index contributed by atoms with van der Waals surface area (Å²) in [6.07, 6.45) is -6.15. The van der Waals surface area contributed by atoms with E-state index in [2.05, 4.69) is 0 Å². The van der Waals surface area contributed by atoms with Crippen molar-refractivity contribution in [3.8, 4) is 0 Å². The van der Waals surface area contributed by atoms with E-state index in [1.165, 1.54) is 0 Å². The largest absolute Gasteiger partial charge is 0.394 e. The molecule has 4 N–H and O–H groups in total. The fourth-order valence-corrected chi connectivity index (χ4v) is 1.45. The minimum Gasteiger partial charge on any atom is -0.394 e. The van der Waals surface area contributed by atoms with E-state index < -0.39 is 37.3 Å². The smallest absolute Gasteiger partial charge is 0.186 e. The molecule has 0 spiro atoms. The first-order chi connectivity index (χ1) is 7.11. The van der Waals surface area contributed by atoms with E-state index in [1.807, 2.05) is 0 Å². The molecular formula is C8H15ClO6. The fourth-order valence-electron chi connectivity index (χ4n) is 1.37. The van der Waals surface area contributed by atoms with Crippen LogP contribution in [0.15, 0.2) is 0 Å². The van der Waals surface area contributed by atoms with Gasteiger partial charge in [0, 0.05) is 5.88 Å². The van der Waals surface area contributed by atoms with Crippen LogP contribution in [-0.2, 0) is 9.47 Å². The highest BCUT2D eigenvalue weighted by atomic mass is 35.5. The van der Waals surface area contributed by atoms with Gasteiger partial charge in [0.05, 0.1) is 13.2 Å². The zero-order valence-electron chi connectivity index (χ0n) is 7.99. The monoisotopic (exact) mass is 242 g/mol. The Morgan fingerprint density at radius 2 is 1.80 bits per heavy atom. The van der Waals surface area contributed by atoms with Crippen LogP contribution in [0, 0.1) is 0 Å². The predicted molar refractivity (Wildman–Crippen MR) is 50.4 cm³/mol. The molecule has 6 nitrogen and oxygen atoms in total. The molecule has 5 atom stereocenters. The molecular weight excluding hydrogens is 228 g/mol. The summed E-state index contributed by atoms with van der Waals surface area (Å²) in [6, 6.07) is 0. The first-order valence-electron chi connectivity index (χ1n) is 4.60. The van der Waals surface area contributed by atoms with Gasteiger partial charge in [-0.05, 0) is 0 Å². The first kappa shape index (κ1) is 13.1. The molecule has 0 aliphatic carbocycles. The lowest BCUT2D eigenvalue weighted by molar-refractivity contribution is -0.299. The van der Waals surface area contributed by atoms with Crippen molar-refractivity contribution in [2.75, 3.05) is 19.1 Å². The summed E-state index contributed by atoms with van der Waals surface area (Å²) in [6.45, 7) is -0.323. The van der Waals surface area contributed by atoms with Crippen molar-refractivity contribution in [2.24, 2.45) is 0 Å². The van der Waals surface area contributed by atoms with Crippen LogP contribution < -0.4 is 0 Å². The van der Waals surface area contributed by atoms with Crippen LogP contribution in [-0.4, -0.2) is 70.2 Å². The van der Waals surface area contributed by atoms with E-state index in [0.717, 1.165) is 0 Å². The minimum atomic E-state index is -1.41. The minimum absolute atomic E-state index is 0.143. The van der Waals surface area contributed by atoms with Crippen molar-refractivity contribution in [1.82, 2.24) is 0 Å². The van der Waals surface area contributed by atoms with Crippen LogP contribution in [0.5, 0.6) is 0 Å². The van der Waals surface area contributed by atoms with Gasteiger partial charge in [0.1, 0.15) is 24.4 Å². The van der Waals surface area contributed by atoms with Crippen LogP contribution in [0.1, 0.15) is 0 Å². The highest BCUT2D eigenvalue weighted by Crippen LogP contribution is 2.21. The van der Waals surface area contributed by atoms with Gasteiger partial charge in [-0.25, -0.2) is 0 Å². The summed E-state index contributed by atoms with van der Waals surface area (Å²) in [7, 11) is 0. The zero-order chi connectivity index (χ0) is 11.4. The molecule has 1 heterocycles. The van der Waals surface area contributed by atoms with Crippen molar-refractivity contribution in [2.45, 2.75) is 30.7 Å². The van der Waals surface area contributed by atoms with Gasteiger partial charge in [-0.2, -0.15) is 0 Å². The molecule has 15 heavy (non-hydrogen) atoms. The lowest BCUT2D eigenvalue weighted by atomic mass is 9.99. The molecule has 0 radical (unpaired) electrons. The summed E-state index contributed by atoms with van der Waals surface area (Å²) >= 11 is 5.38. The molecule has 1 fully saturated rings. The average Bonchev–Trinajstić information content (AvgIpc) is 2.25. The highest BCUT2D eigenvalue weighted by Gasteiger charge is 2.43. The molecule has 0 aromatic heterocycles. The van der Waals surface area contributed by atoms with E-state index in [-0.39, 0.29) is 12.5 Å². The third kappa shape index (κ3) is 3.01. The van der Waals surface area contributed by atoms with Gasteiger partial charge in [0.15, 0.2) is 6.29 Å². The Labute approximate surface area is 92.0 Å². The summed E-state index contributed by atoms with van der Waals surface area (Å²) in [5, 5.41) is 37.1. The number of ether oxygens (including phenoxy) is 2. The SMILES string of the molecule is OCC1OC(OCCCl)C(O)C(O)C1O. The third-order valence-electron chi connectivity index (χ3n) is 2.21. The second-order valence-electron chi connectivity index (χ2n) is 3.26. The van der Waals surface area contributed by atoms with E-state index in [9.17, 15) is 15.3 Å². The Balaban J connectivity index is 2.57. The van der Waals surface area contributed by atoms with E-state index in [4.69, 9.17) is 26.2 Å². The lowest BCUT2D eigenvalue weighted by Crippen LogP contribution is -2.59. The second kappa shape index (κ2) is 5.95. The van der Waals surface area contributed by atoms with Crippen molar-refractivity contribution in [3.63, 3.8) is 0 Å². The van der Waals surface area contributed by atoms with Crippen molar-refractivity contribution < 1.29 is 29.9 Å². The molecule has 1 aliphatic heterocycles. The van der Waals surface area contributed by atoms with E-state index >= 15 is 0 Å². The molecule has 1 rings (SSSR count). The molecule has 0 bridgehead atoms.